The fourth-order valence-corrected chi connectivity index (χ4v) is 1.87. The highest BCUT2D eigenvalue weighted by Crippen LogP contribution is 2.40. The first-order chi connectivity index (χ1) is 5.88. The first kappa shape index (κ1) is 11.1. The van der Waals surface area contributed by atoms with Gasteiger partial charge in [0.25, 0.3) is 0 Å². The summed E-state index contributed by atoms with van der Waals surface area (Å²) in [7, 11) is 0. The van der Waals surface area contributed by atoms with Gasteiger partial charge in [-0.2, -0.15) is 13.2 Å². The fraction of sp³-hybridized carbons (Fsp3) is 0.167. The van der Waals surface area contributed by atoms with Gasteiger partial charge in [-0.25, -0.2) is 4.98 Å². The Labute approximate surface area is 89.8 Å². The molecule has 1 rings (SSSR count). The van der Waals surface area contributed by atoms with E-state index in [-0.39, 0.29) is 21.8 Å². The summed E-state index contributed by atoms with van der Waals surface area (Å²) >= 11 is 8.17. The van der Waals surface area contributed by atoms with E-state index in [4.69, 9.17) is 11.6 Å². The van der Waals surface area contributed by atoms with Crippen molar-refractivity contribution < 1.29 is 13.2 Å². The van der Waals surface area contributed by atoms with Crippen molar-refractivity contribution in [2.75, 3.05) is 0 Å². The Bertz CT molecular complexity index is 317. The molecule has 0 aliphatic carbocycles. The minimum Gasteiger partial charge on any atom is -0.242 e. The quantitative estimate of drug-likeness (QED) is 0.571. The zero-order valence-electron chi connectivity index (χ0n) is 5.90. The molecule has 0 N–H and O–H groups in total. The predicted octanol–water partition coefficient (Wildman–Crippen LogP) is 4.11. The van der Waals surface area contributed by atoms with Gasteiger partial charge in [0.15, 0.2) is 0 Å². The Morgan fingerprint density at radius 2 is 2.08 bits per heavy atom. The average molecular weight is 293 g/mol. The summed E-state index contributed by atoms with van der Waals surface area (Å²) in [4.78, 5) is 3.45. The minimum absolute atomic E-state index is 0.108. The molecule has 0 atom stereocenters. The molecule has 1 heterocycles. The van der Waals surface area contributed by atoms with Gasteiger partial charge in [0.1, 0.15) is 5.15 Å². The van der Waals surface area contributed by atoms with Crippen LogP contribution in [-0.2, 0) is 0 Å². The number of thioether (sulfide) groups is 1. The van der Waals surface area contributed by atoms with Crippen LogP contribution in [0.15, 0.2) is 21.6 Å². The van der Waals surface area contributed by atoms with E-state index in [1.54, 1.807) is 0 Å². The number of halogens is 5. The molecule has 0 radical (unpaired) electrons. The smallest absolute Gasteiger partial charge is 0.242 e. The van der Waals surface area contributed by atoms with E-state index >= 15 is 0 Å². The van der Waals surface area contributed by atoms with E-state index in [0.29, 0.717) is 4.47 Å². The van der Waals surface area contributed by atoms with Crippen LogP contribution >= 0.6 is 39.3 Å². The fourth-order valence-electron chi connectivity index (χ4n) is 0.600. The zero-order chi connectivity index (χ0) is 10.1. The number of aromatic nitrogens is 1. The Balaban J connectivity index is 2.94. The van der Waals surface area contributed by atoms with Crippen LogP contribution in [0.25, 0.3) is 0 Å². The van der Waals surface area contributed by atoms with Gasteiger partial charge in [-0.1, -0.05) is 11.6 Å². The molecule has 0 saturated heterocycles. The van der Waals surface area contributed by atoms with Crippen molar-refractivity contribution in [3.8, 4) is 0 Å². The molecule has 1 aromatic heterocycles. The summed E-state index contributed by atoms with van der Waals surface area (Å²) in [5, 5.41) is -0.148. The van der Waals surface area contributed by atoms with Crippen molar-refractivity contribution in [1.29, 1.82) is 0 Å². The molecule has 0 aliphatic heterocycles. The van der Waals surface area contributed by atoms with Crippen LogP contribution in [0.4, 0.5) is 13.2 Å². The lowest BCUT2D eigenvalue weighted by atomic mass is 10.5. The van der Waals surface area contributed by atoms with Crippen molar-refractivity contribution in [3.63, 3.8) is 0 Å². The van der Waals surface area contributed by atoms with E-state index in [0.717, 1.165) is 0 Å². The minimum atomic E-state index is -4.34. The molecule has 1 aromatic rings. The van der Waals surface area contributed by atoms with Gasteiger partial charge in [0.05, 0.1) is 4.90 Å². The van der Waals surface area contributed by atoms with Crippen molar-refractivity contribution in [2.45, 2.75) is 10.4 Å². The molecule has 1 nitrogen and oxygen atoms in total. The molecule has 0 spiro atoms. The van der Waals surface area contributed by atoms with Crippen molar-refractivity contribution in [2.24, 2.45) is 0 Å². The lowest BCUT2D eigenvalue weighted by Crippen LogP contribution is -1.99. The highest BCUT2D eigenvalue weighted by molar-refractivity contribution is 9.10. The SMILES string of the molecule is FC(F)(F)Sc1cc(Br)cnc1Cl. The van der Waals surface area contributed by atoms with E-state index in [1.165, 1.54) is 12.3 Å². The molecular formula is C6H2BrClF3NS. The number of rotatable bonds is 1. The summed E-state index contributed by atoms with van der Waals surface area (Å²) in [5.41, 5.74) is -4.34. The van der Waals surface area contributed by atoms with Crippen molar-refractivity contribution in [3.05, 3.63) is 21.9 Å². The molecule has 0 saturated carbocycles. The lowest BCUT2D eigenvalue weighted by molar-refractivity contribution is -0.0328. The normalized spacial score (nSPS) is 11.8. The van der Waals surface area contributed by atoms with Crippen LogP contribution in [0.5, 0.6) is 0 Å². The van der Waals surface area contributed by atoms with E-state index < -0.39 is 5.51 Å². The van der Waals surface area contributed by atoms with Crippen LogP contribution in [0, 0.1) is 0 Å². The summed E-state index contributed by atoms with van der Waals surface area (Å²) in [6.45, 7) is 0. The average Bonchev–Trinajstić information content (AvgIpc) is 1.94. The Kier molecular flexibility index (Phi) is 3.48. The Morgan fingerprint density at radius 1 is 1.46 bits per heavy atom. The van der Waals surface area contributed by atoms with E-state index in [1.807, 2.05) is 0 Å². The third kappa shape index (κ3) is 3.74. The summed E-state index contributed by atoms with van der Waals surface area (Å²) in [6.07, 6.45) is 1.34. The Hall–Kier alpha value is 0.0600. The summed E-state index contributed by atoms with van der Waals surface area (Å²) < 4.78 is 36.2. The van der Waals surface area contributed by atoms with Gasteiger partial charge >= 0.3 is 5.51 Å². The van der Waals surface area contributed by atoms with Gasteiger partial charge in [-0.15, -0.1) is 0 Å². The maximum Gasteiger partial charge on any atom is 0.446 e. The second kappa shape index (κ2) is 4.06. The first-order valence-corrected chi connectivity index (χ1v) is 4.94. The topological polar surface area (TPSA) is 12.9 Å². The van der Waals surface area contributed by atoms with Crippen molar-refractivity contribution >= 4 is 39.3 Å². The molecule has 0 aliphatic rings. The van der Waals surface area contributed by atoms with E-state index in [9.17, 15) is 13.2 Å². The largest absolute Gasteiger partial charge is 0.446 e. The Morgan fingerprint density at radius 3 is 2.62 bits per heavy atom. The molecule has 0 aromatic carbocycles. The van der Waals surface area contributed by atoms with E-state index in [2.05, 4.69) is 20.9 Å². The predicted molar refractivity (Wildman–Crippen MR) is 48.9 cm³/mol. The molecule has 0 unspecified atom stereocenters. The van der Waals surface area contributed by atoms with Gasteiger partial charge in [0.2, 0.25) is 0 Å². The maximum atomic E-state index is 11.9. The molecule has 0 fully saturated rings. The van der Waals surface area contributed by atoms with Crippen LogP contribution in [0.1, 0.15) is 0 Å². The monoisotopic (exact) mass is 291 g/mol. The second-order valence-electron chi connectivity index (χ2n) is 1.99. The number of hydrogen-bond donors (Lipinski definition) is 0. The number of hydrogen-bond acceptors (Lipinski definition) is 2. The lowest BCUT2D eigenvalue weighted by Gasteiger charge is -2.06. The standard InChI is InChI=1S/C6H2BrClF3NS/c7-3-1-4(5(8)12-2-3)13-6(9,10)11/h1-2H. The molecule has 7 heteroatoms. The number of nitrogens with zero attached hydrogens (tertiary/aromatic N) is 1. The highest BCUT2D eigenvalue weighted by atomic mass is 79.9. The molecule has 13 heavy (non-hydrogen) atoms. The highest BCUT2D eigenvalue weighted by Gasteiger charge is 2.30. The third-order valence-corrected chi connectivity index (χ3v) is 2.61. The van der Waals surface area contributed by atoms with Gasteiger partial charge in [-0.3, -0.25) is 0 Å². The summed E-state index contributed by atoms with van der Waals surface area (Å²) in [6, 6.07) is 1.27. The molecule has 0 amide bonds. The number of pyridine rings is 1. The summed E-state index contributed by atoms with van der Waals surface area (Å²) in [5.74, 6) is 0. The van der Waals surface area contributed by atoms with Crippen molar-refractivity contribution in [1.82, 2.24) is 4.98 Å². The van der Waals surface area contributed by atoms with Crippen LogP contribution in [-0.4, -0.2) is 10.5 Å². The molecule has 0 bridgehead atoms. The van der Waals surface area contributed by atoms with Gasteiger partial charge < -0.3 is 0 Å². The van der Waals surface area contributed by atoms with Gasteiger partial charge in [0, 0.05) is 10.7 Å². The van der Waals surface area contributed by atoms with Crippen LogP contribution < -0.4 is 0 Å². The maximum absolute atomic E-state index is 11.9. The second-order valence-corrected chi connectivity index (χ2v) is 4.37. The third-order valence-electron chi connectivity index (χ3n) is 0.999. The van der Waals surface area contributed by atoms with Crippen LogP contribution in [0.3, 0.4) is 0 Å². The van der Waals surface area contributed by atoms with Gasteiger partial charge in [-0.05, 0) is 33.8 Å². The molecule has 72 valence electrons. The molecular weight excluding hydrogens is 290 g/mol. The zero-order valence-corrected chi connectivity index (χ0v) is 9.06. The first-order valence-electron chi connectivity index (χ1n) is 2.95. The van der Waals surface area contributed by atoms with Crippen LogP contribution in [0.2, 0.25) is 5.15 Å². The number of alkyl halides is 3.